The van der Waals surface area contributed by atoms with E-state index in [1.54, 1.807) is 18.2 Å². The van der Waals surface area contributed by atoms with Crippen LogP contribution in [-0.2, 0) is 6.42 Å². The molecule has 0 heterocycles. The van der Waals surface area contributed by atoms with Gasteiger partial charge in [0.15, 0.2) is 17.5 Å². The van der Waals surface area contributed by atoms with Crippen molar-refractivity contribution >= 4 is 6.09 Å². The number of nitrogens with one attached hydrogen (secondary N) is 1. The van der Waals surface area contributed by atoms with E-state index in [1.807, 2.05) is 0 Å². The van der Waals surface area contributed by atoms with Gasteiger partial charge in [-0.1, -0.05) is 12.1 Å². The van der Waals surface area contributed by atoms with Gasteiger partial charge in [-0.15, -0.1) is 0 Å². The molecule has 0 fully saturated rings. The van der Waals surface area contributed by atoms with Crippen LogP contribution in [0.2, 0.25) is 0 Å². The molecule has 3 nitrogen and oxygen atoms in total. The number of hydrogen-bond donors (Lipinski definition) is 2. The number of rotatable bonds is 2. The minimum atomic E-state index is -1.52. The van der Waals surface area contributed by atoms with Gasteiger partial charge in [0, 0.05) is 5.56 Å². The number of fused-ring (bicyclic) bond motifs is 1. The van der Waals surface area contributed by atoms with Crippen molar-refractivity contribution in [3.63, 3.8) is 0 Å². The second kappa shape index (κ2) is 5.36. The van der Waals surface area contributed by atoms with E-state index >= 15 is 0 Å². The predicted octanol–water partition coefficient (Wildman–Crippen LogP) is 4.03. The number of carboxylic acid groups (broad SMARTS) is 1. The first kappa shape index (κ1) is 14.4. The minimum Gasteiger partial charge on any atom is -0.465 e. The van der Waals surface area contributed by atoms with Crippen molar-refractivity contribution < 1.29 is 23.1 Å². The SMILES string of the molecule is O=C(O)NC1CCc2ccc(-c3ccc(F)c(F)c3F)cc21. The molecule has 1 aliphatic rings. The molecule has 0 saturated carbocycles. The Labute approximate surface area is 124 Å². The number of halogens is 3. The third-order valence-electron chi connectivity index (χ3n) is 3.87. The van der Waals surface area contributed by atoms with E-state index in [9.17, 15) is 18.0 Å². The molecule has 0 spiro atoms. The Balaban J connectivity index is 2.04. The standard InChI is InChI=1S/C16H12F3NO2/c17-12-5-4-10(14(18)15(12)19)9-2-1-8-3-6-13(11(8)7-9)20-16(21)22/h1-2,4-5,7,13,20H,3,6H2,(H,21,22). The van der Waals surface area contributed by atoms with Crippen LogP contribution in [0, 0.1) is 17.5 Å². The van der Waals surface area contributed by atoms with Crippen LogP contribution in [0.5, 0.6) is 0 Å². The van der Waals surface area contributed by atoms with Crippen molar-refractivity contribution in [2.45, 2.75) is 18.9 Å². The highest BCUT2D eigenvalue weighted by Crippen LogP contribution is 2.35. The van der Waals surface area contributed by atoms with E-state index in [-0.39, 0.29) is 11.6 Å². The molecule has 2 aromatic carbocycles. The van der Waals surface area contributed by atoms with Crippen LogP contribution in [0.4, 0.5) is 18.0 Å². The predicted molar refractivity (Wildman–Crippen MR) is 74.0 cm³/mol. The van der Waals surface area contributed by atoms with Gasteiger partial charge in [0.1, 0.15) is 0 Å². The molecule has 0 bridgehead atoms. The fourth-order valence-corrected chi connectivity index (χ4v) is 2.82. The van der Waals surface area contributed by atoms with Crippen molar-refractivity contribution in [2.75, 3.05) is 0 Å². The molecule has 0 aromatic heterocycles. The lowest BCUT2D eigenvalue weighted by Crippen LogP contribution is -2.24. The zero-order valence-corrected chi connectivity index (χ0v) is 11.4. The first-order chi connectivity index (χ1) is 10.5. The lowest BCUT2D eigenvalue weighted by molar-refractivity contribution is 0.190. The third kappa shape index (κ3) is 2.41. The van der Waals surface area contributed by atoms with Gasteiger partial charge in [0.2, 0.25) is 0 Å². The smallest absolute Gasteiger partial charge is 0.405 e. The van der Waals surface area contributed by atoms with Crippen molar-refractivity contribution in [2.24, 2.45) is 0 Å². The molecule has 2 aromatic rings. The lowest BCUT2D eigenvalue weighted by atomic mass is 9.98. The Morgan fingerprint density at radius 1 is 1.14 bits per heavy atom. The van der Waals surface area contributed by atoms with Gasteiger partial charge in [0.25, 0.3) is 0 Å². The zero-order valence-electron chi connectivity index (χ0n) is 11.4. The van der Waals surface area contributed by atoms with Crippen LogP contribution in [0.3, 0.4) is 0 Å². The van der Waals surface area contributed by atoms with Crippen molar-refractivity contribution in [1.29, 1.82) is 0 Å². The average Bonchev–Trinajstić information content (AvgIpc) is 2.87. The maximum Gasteiger partial charge on any atom is 0.405 e. The molecule has 0 saturated heterocycles. The first-order valence-corrected chi connectivity index (χ1v) is 6.73. The maximum atomic E-state index is 13.9. The molecule has 114 valence electrons. The van der Waals surface area contributed by atoms with Crippen LogP contribution in [-0.4, -0.2) is 11.2 Å². The normalized spacial score (nSPS) is 16.4. The Hall–Kier alpha value is -2.50. The second-order valence-electron chi connectivity index (χ2n) is 5.18. The summed E-state index contributed by atoms with van der Waals surface area (Å²) in [5, 5.41) is 11.2. The van der Waals surface area contributed by atoms with Crippen molar-refractivity contribution in [1.82, 2.24) is 5.32 Å². The Morgan fingerprint density at radius 3 is 2.64 bits per heavy atom. The molecule has 1 atom stereocenters. The van der Waals surface area contributed by atoms with E-state index in [1.165, 1.54) is 6.07 Å². The maximum absolute atomic E-state index is 13.9. The average molecular weight is 307 g/mol. The fraction of sp³-hybridized carbons (Fsp3) is 0.188. The van der Waals surface area contributed by atoms with E-state index in [2.05, 4.69) is 5.32 Å². The molecule has 1 amide bonds. The number of aryl methyl sites for hydroxylation is 1. The second-order valence-corrected chi connectivity index (χ2v) is 5.18. The van der Waals surface area contributed by atoms with Gasteiger partial charge in [0.05, 0.1) is 6.04 Å². The van der Waals surface area contributed by atoms with Gasteiger partial charge in [-0.2, -0.15) is 0 Å². The van der Waals surface area contributed by atoms with E-state index in [0.717, 1.165) is 17.2 Å². The molecule has 1 aliphatic carbocycles. The Morgan fingerprint density at radius 2 is 1.91 bits per heavy atom. The van der Waals surface area contributed by atoms with Crippen LogP contribution < -0.4 is 5.32 Å². The fourth-order valence-electron chi connectivity index (χ4n) is 2.82. The monoisotopic (exact) mass is 307 g/mol. The van der Waals surface area contributed by atoms with Gasteiger partial charge in [-0.3, -0.25) is 0 Å². The topological polar surface area (TPSA) is 49.3 Å². The van der Waals surface area contributed by atoms with Crippen LogP contribution >= 0.6 is 0 Å². The molecule has 22 heavy (non-hydrogen) atoms. The summed E-state index contributed by atoms with van der Waals surface area (Å²) >= 11 is 0. The summed E-state index contributed by atoms with van der Waals surface area (Å²) in [4.78, 5) is 10.8. The van der Waals surface area contributed by atoms with E-state index in [0.29, 0.717) is 18.4 Å². The third-order valence-corrected chi connectivity index (χ3v) is 3.87. The number of carbonyl (C=O) groups is 1. The zero-order chi connectivity index (χ0) is 15.9. The molecular formula is C16H12F3NO2. The van der Waals surface area contributed by atoms with Crippen molar-refractivity contribution in [3.8, 4) is 11.1 Å². The molecule has 3 rings (SSSR count). The highest BCUT2D eigenvalue weighted by atomic mass is 19.2. The van der Waals surface area contributed by atoms with Crippen molar-refractivity contribution in [3.05, 3.63) is 58.9 Å². The van der Waals surface area contributed by atoms with E-state index < -0.39 is 23.5 Å². The summed E-state index contributed by atoms with van der Waals surface area (Å²) in [7, 11) is 0. The number of benzene rings is 2. The summed E-state index contributed by atoms with van der Waals surface area (Å²) in [5.41, 5.74) is 2.03. The number of hydrogen-bond acceptors (Lipinski definition) is 1. The van der Waals surface area contributed by atoms with Gasteiger partial charge in [-0.05, 0) is 47.7 Å². The summed E-state index contributed by atoms with van der Waals surface area (Å²) in [6, 6.07) is 6.67. The molecule has 0 radical (unpaired) electrons. The minimum absolute atomic E-state index is 0.0531. The summed E-state index contributed by atoms with van der Waals surface area (Å²) < 4.78 is 40.3. The Kier molecular flexibility index (Phi) is 3.52. The van der Waals surface area contributed by atoms with Crippen LogP contribution in [0.15, 0.2) is 30.3 Å². The molecule has 0 aliphatic heterocycles. The largest absolute Gasteiger partial charge is 0.465 e. The summed E-state index contributed by atoms with van der Waals surface area (Å²) in [6.45, 7) is 0. The molecule has 6 heteroatoms. The number of amides is 1. The lowest BCUT2D eigenvalue weighted by Gasteiger charge is -2.13. The quantitative estimate of drug-likeness (QED) is 0.823. The highest BCUT2D eigenvalue weighted by Gasteiger charge is 2.25. The van der Waals surface area contributed by atoms with Gasteiger partial charge >= 0.3 is 6.09 Å². The highest BCUT2D eigenvalue weighted by molar-refractivity contribution is 5.68. The van der Waals surface area contributed by atoms with Gasteiger partial charge < -0.3 is 10.4 Å². The van der Waals surface area contributed by atoms with Crippen LogP contribution in [0.25, 0.3) is 11.1 Å². The van der Waals surface area contributed by atoms with Gasteiger partial charge in [-0.25, -0.2) is 18.0 Å². The Bertz CT molecular complexity index is 761. The summed E-state index contributed by atoms with van der Waals surface area (Å²) in [5.74, 6) is -4.01. The van der Waals surface area contributed by atoms with E-state index in [4.69, 9.17) is 5.11 Å². The molecule has 1 unspecified atom stereocenters. The van der Waals surface area contributed by atoms with Crippen LogP contribution in [0.1, 0.15) is 23.6 Å². The summed E-state index contributed by atoms with van der Waals surface area (Å²) in [6.07, 6.45) is 0.189. The molecular weight excluding hydrogens is 295 g/mol. The molecule has 2 N–H and O–H groups in total. The first-order valence-electron chi connectivity index (χ1n) is 6.73.